The highest BCUT2D eigenvalue weighted by atomic mass is 32.1. The Balaban J connectivity index is 1.73. The number of aliphatic hydroxyl groups is 1. The zero-order valence-corrected chi connectivity index (χ0v) is 13.1. The molecular weight excluding hydrogens is 274 g/mol. The first-order chi connectivity index (χ1) is 9.69. The zero-order valence-electron chi connectivity index (χ0n) is 12.3. The lowest BCUT2D eigenvalue weighted by Gasteiger charge is -2.25. The van der Waals surface area contributed by atoms with Gasteiger partial charge >= 0.3 is 0 Å². The molecule has 114 valence electrons. The van der Waals surface area contributed by atoms with Crippen LogP contribution in [0.4, 0.5) is 0 Å². The molecule has 0 saturated heterocycles. The van der Waals surface area contributed by atoms with Gasteiger partial charge in [0, 0.05) is 26.2 Å². The molecule has 1 saturated carbocycles. The van der Waals surface area contributed by atoms with E-state index in [0.29, 0.717) is 25.8 Å². The molecule has 2 atom stereocenters. The number of thiophene rings is 1. The predicted octanol–water partition coefficient (Wildman–Crippen LogP) is 2.12. The van der Waals surface area contributed by atoms with Crippen LogP contribution in [0.1, 0.15) is 25.3 Å². The second-order valence-corrected chi connectivity index (χ2v) is 6.33. The number of aliphatic hydroxyl groups excluding tert-OH is 1. The molecule has 2 rings (SSSR count). The smallest absolute Gasteiger partial charge is 0.0900 e. The summed E-state index contributed by atoms with van der Waals surface area (Å²) in [4.78, 5) is 2.37. The largest absolute Gasteiger partial charge is 0.389 e. The predicted molar refractivity (Wildman–Crippen MR) is 81.0 cm³/mol. The minimum Gasteiger partial charge on any atom is -0.389 e. The maximum Gasteiger partial charge on any atom is 0.0900 e. The maximum absolute atomic E-state index is 10.1. The monoisotopic (exact) mass is 299 g/mol. The van der Waals surface area contributed by atoms with E-state index >= 15 is 0 Å². The van der Waals surface area contributed by atoms with E-state index in [1.807, 2.05) is 6.92 Å². The average molecular weight is 299 g/mol. The Hall–Kier alpha value is -0.460. The van der Waals surface area contributed by atoms with Crippen molar-refractivity contribution in [3.8, 4) is 0 Å². The van der Waals surface area contributed by atoms with E-state index in [1.54, 1.807) is 18.4 Å². The molecule has 2 unspecified atom stereocenters. The molecule has 0 bridgehead atoms. The molecule has 0 aliphatic heterocycles. The van der Waals surface area contributed by atoms with E-state index < -0.39 is 6.10 Å². The Morgan fingerprint density at radius 2 is 2.25 bits per heavy atom. The number of rotatable bonds is 10. The van der Waals surface area contributed by atoms with Gasteiger partial charge in [-0.05, 0) is 42.2 Å². The Kier molecular flexibility index (Phi) is 6.45. The van der Waals surface area contributed by atoms with Crippen molar-refractivity contribution >= 4 is 11.3 Å². The van der Waals surface area contributed by atoms with Crippen LogP contribution in [0.3, 0.4) is 0 Å². The molecular formula is C15H25NO3S. The van der Waals surface area contributed by atoms with Crippen molar-refractivity contribution in [2.75, 3.05) is 26.9 Å². The van der Waals surface area contributed by atoms with Crippen LogP contribution < -0.4 is 0 Å². The fourth-order valence-electron chi connectivity index (χ4n) is 2.28. The summed E-state index contributed by atoms with van der Waals surface area (Å²) in [5.41, 5.74) is 1.34. The van der Waals surface area contributed by atoms with E-state index in [-0.39, 0.29) is 6.10 Å². The number of hydrogen-bond donors (Lipinski definition) is 1. The Morgan fingerprint density at radius 3 is 2.85 bits per heavy atom. The first-order valence-corrected chi connectivity index (χ1v) is 8.17. The van der Waals surface area contributed by atoms with Gasteiger partial charge in [0.2, 0.25) is 0 Å². The molecule has 0 aromatic carbocycles. The van der Waals surface area contributed by atoms with Gasteiger partial charge in [0.1, 0.15) is 0 Å². The lowest BCUT2D eigenvalue weighted by atomic mass is 10.2. The van der Waals surface area contributed by atoms with Gasteiger partial charge in [-0.1, -0.05) is 0 Å². The molecule has 1 aromatic heterocycles. The van der Waals surface area contributed by atoms with Crippen molar-refractivity contribution in [3.05, 3.63) is 22.4 Å². The van der Waals surface area contributed by atoms with Crippen LogP contribution in [-0.4, -0.2) is 55.1 Å². The topological polar surface area (TPSA) is 41.9 Å². The molecule has 1 N–H and O–H groups in total. The van der Waals surface area contributed by atoms with Crippen LogP contribution in [0.2, 0.25) is 0 Å². The Labute approximate surface area is 125 Å². The average Bonchev–Trinajstić information content (AvgIpc) is 3.15. The number of ether oxygens (including phenoxy) is 2. The highest BCUT2D eigenvalue weighted by Crippen LogP contribution is 2.28. The van der Waals surface area contributed by atoms with E-state index in [1.165, 1.54) is 18.4 Å². The van der Waals surface area contributed by atoms with Gasteiger partial charge < -0.3 is 14.6 Å². The van der Waals surface area contributed by atoms with E-state index in [2.05, 4.69) is 21.7 Å². The van der Waals surface area contributed by atoms with Crippen LogP contribution in [-0.2, 0) is 16.0 Å². The van der Waals surface area contributed by atoms with Gasteiger partial charge in [0.25, 0.3) is 0 Å². The molecule has 0 radical (unpaired) electrons. The molecule has 1 fully saturated rings. The summed E-state index contributed by atoms with van der Waals surface area (Å²) in [5, 5.41) is 14.4. The van der Waals surface area contributed by atoms with Crippen LogP contribution in [0.15, 0.2) is 16.8 Å². The second-order valence-electron chi connectivity index (χ2n) is 5.55. The maximum atomic E-state index is 10.1. The third kappa shape index (κ3) is 5.50. The van der Waals surface area contributed by atoms with Crippen LogP contribution in [0.25, 0.3) is 0 Å². The SMILES string of the molecule is COCC(C)OCC(O)CN(Cc1ccsc1)C1CC1. The summed E-state index contributed by atoms with van der Waals surface area (Å²) < 4.78 is 10.6. The summed E-state index contributed by atoms with van der Waals surface area (Å²) in [7, 11) is 1.66. The van der Waals surface area contributed by atoms with Gasteiger partial charge in [0.15, 0.2) is 0 Å². The molecule has 4 nitrogen and oxygen atoms in total. The van der Waals surface area contributed by atoms with Gasteiger partial charge in [-0.25, -0.2) is 0 Å². The Morgan fingerprint density at radius 1 is 1.45 bits per heavy atom. The van der Waals surface area contributed by atoms with Crippen LogP contribution in [0, 0.1) is 0 Å². The van der Waals surface area contributed by atoms with Crippen molar-refractivity contribution in [2.45, 2.75) is 44.6 Å². The molecule has 1 aromatic rings. The number of methoxy groups -OCH3 is 1. The number of hydrogen-bond acceptors (Lipinski definition) is 5. The Bertz CT molecular complexity index is 367. The zero-order chi connectivity index (χ0) is 14.4. The van der Waals surface area contributed by atoms with Crippen molar-refractivity contribution in [1.82, 2.24) is 4.90 Å². The summed E-state index contributed by atoms with van der Waals surface area (Å²) in [5.74, 6) is 0. The standard InChI is InChI=1S/C15H25NO3S/c1-12(9-18-2)19-10-15(17)8-16(14-3-4-14)7-13-5-6-20-11-13/h5-6,11-12,14-15,17H,3-4,7-10H2,1-2H3. The van der Waals surface area contributed by atoms with Gasteiger partial charge in [-0.2, -0.15) is 11.3 Å². The molecule has 1 heterocycles. The van der Waals surface area contributed by atoms with E-state index in [0.717, 1.165) is 6.54 Å². The molecule has 5 heteroatoms. The van der Waals surface area contributed by atoms with Gasteiger partial charge in [-0.15, -0.1) is 0 Å². The fourth-order valence-corrected chi connectivity index (χ4v) is 2.94. The normalized spacial score (nSPS) is 18.4. The summed E-state index contributed by atoms with van der Waals surface area (Å²) in [6.07, 6.45) is 2.09. The van der Waals surface area contributed by atoms with Crippen molar-refractivity contribution in [3.63, 3.8) is 0 Å². The lowest BCUT2D eigenvalue weighted by molar-refractivity contribution is -0.0409. The minimum absolute atomic E-state index is 0.0286. The molecule has 1 aliphatic rings. The third-order valence-electron chi connectivity index (χ3n) is 3.45. The molecule has 1 aliphatic carbocycles. The van der Waals surface area contributed by atoms with Crippen molar-refractivity contribution in [2.24, 2.45) is 0 Å². The second kappa shape index (κ2) is 8.10. The van der Waals surface area contributed by atoms with Crippen molar-refractivity contribution < 1.29 is 14.6 Å². The van der Waals surface area contributed by atoms with E-state index in [4.69, 9.17) is 9.47 Å². The summed E-state index contributed by atoms with van der Waals surface area (Å²) >= 11 is 1.72. The van der Waals surface area contributed by atoms with E-state index in [9.17, 15) is 5.11 Å². The molecule has 0 spiro atoms. The number of nitrogens with zero attached hydrogens (tertiary/aromatic N) is 1. The van der Waals surface area contributed by atoms with Gasteiger partial charge in [0.05, 0.1) is 25.4 Å². The first-order valence-electron chi connectivity index (χ1n) is 7.22. The highest BCUT2D eigenvalue weighted by Gasteiger charge is 2.30. The molecule has 20 heavy (non-hydrogen) atoms. The fraction of sp³-hybridized carbons (Fsp3) is 0.733. The minimum atomic E-state index is -0.437. The lowest BCUT2D eigenvalue weighted by Crippen LogP contribution is -2.37. The van der Waals surface area contributed by atoms with Gasteiger partial charge in [-0.3, -0.25) is 4.90 Å². The van der Waals surface area contributed by atoms with Crippen LogP contribution in [0.5, 0.6) is 0 Å². The van der Waals surface area contributed by atoms with Crippen LogP contribution >= 0.6 is 11.3 Å². The van der Waals surface area contributed by atoms with Crippen molar-refractivity contribution in [1.29, 1.82) is 0 Å². The summed E-state index contributed by atoms with van der Waals surface area (Å²) in [6.45, 7) is 4.50. The first kappa shape index (κ1) is 15.9. The third-order valence-corrected chi connectivity index (χ3v) is 4.18. The summed E-state index contributed by atoms with van der Waals surface area (Å²) in [6, 6.07) is 2.80. The quantitative estimate of drug-likeness (QED) is 0.718. The highest BCUT2D eigenvalue weighted by molar-refractivity contribution is 7.07. The molecule has 0 amide bonds.